The number of aromatic nitrogens is 2. The first-order chi connectivity index (χ1) is 9.18. The van der Waals surface area contributed by atoms with E-state index in [9.17, 15) is 9.90 Å². The van der Waals surface area contributed by atoms with Gasteiger partial charge in [0, 0.05) is 17.2 Å². The molecule has 0 amide bonds. The molecule has 0 radical (unpaired) electrons. The number of nitrogens with zero attached hydrogens (tertiary/aromatic N) is 2. The molecule has 1 aromatic carbocycles. The van der Waals surface area contributed by atoms with E-state index in [4.69, 9.17) is 0 Å². The summed E-state index contributed by atoms with van der Waals surface area (Å²) in [5.41, 5.74) is 2.40. The molecule has 2 atom stereocenters. The second kappa shape index (κ2) is 4.35. The zero-order chi connectivity index (χ0) is 13.4. The van der Waals surface area contributed by atoms with E-state index in [0.717, 1.165) is 11.1 Å². The maximum atomic E-state index is 11.6. The van der Waals surface area contributed by atoms with Crippen LogP contribution in [0.5, 0.6) is 0 Å². The summed E-state index contributed by atoms with van der Waals surface area (Å²) in [6, 6.07) is 9.62. The number of carboxylic acids is 1. The molecule has 2 N–H and O–H groups in total. The molecule has 3 rings (SSSR count). The third-order valence-corrected chi connectivity index (χ3v) is 3.48. The van der Waals surface area contributed by atoms with Crippen LogP contribution in [0.3, 0.4) is 0 Å². The van der Waals surface area contributed by atoms with E-state index < -0.39 is 11.9 Å². The van der Waals surface area contributed by atoms with Gasteiger partial charge >= 0.3 is 5.97 Å². The molecular weight excluding hydrogens is 242 g/mol. The van der Waals surface area contributed by atoms with Crippen LogP contribution < -0.4 is 0 Å². The average Bonchev–Trinajstić information content (AvgIpc) is 2.85. The van der Waals surface area contributed by atoms with Crippen molar-refractivity contribution in [3.63, 3.8) is 0 Å². The van der Waals surface area contributed by atoms with Crippen molar-refractivity contribution in [1.29, 1.82) is 0 Å². The minimum atomic E-state index is -0.859. The standard InChI is InChI=1S/C14H13N3O2/c1-8-11(14(18)19)12(9-5-3-2-4-6-9)10-7-15-17-13(10)16-8/h2-7,11-12H,1H3,(H,15,17)(H,18,19). The van der Waals surface area contributed by atoms with Gasteiger partial charge in [0.15, 0.2) is 5.82 Å². The highest BCUT2D eigenvalue weighted by molar-refractivity contribution is 6.04. The summed E-state index contributed by atoms with van der Waals surface area (Å²) in [5, 5.41) is 16.3. The molecule has 0 spiro atoms. The highest BCUT2D eigenvalue weighted by Gasteiger charge is 2.38. The summed E-state index contributed by atoms with van der Waals surface area (Å²) >= 11 is 0. The average molecular weight is 255 g/mol. The van der Waals surface area contributed by atoms with Gasteiger partial charge in [-0.3, -0.25) is 9.89 Å². The summed E-state index contributed by atoms with van der Waals surface area (Å²) in [6.45, 7) is 1.75. The number of nitrogens with one attached hydrogen (secondary N) is 1. The second-order valence-electron chi connectivity index (χ2n) is 4.63. The first-order valence-electron chi connectivity index (χ1n) is 6.04. The summed E-state index contributed by atoms with van der Waals surface area (Å²) in [6.07, 6.45) is 1.67. The Morgan fingerprint density at radius 3 is 2.74 bits per heavy atom. The molecule has 1 aliphatic heterocycles. The van der Waals surface area contributed by atoms with Crippen LogP contribution >= 0.6 is 0 Å². The van der Waals surface area contributed by atoms with Crippen molar-refractivity contribution in [3.8, 4) is 0 Å². The van der Waals surface area contributed by atoms with Gasteiger partial charge in [-0.15, -0.1) is 0 Å². The van der Waals surface area contributed by atoms with Crippen molar-refractivity contribution >= 4 is 17.5 Å². The molecule has 0 saturated heterocycles. The Hall–Kier alpha value is -2.43. The number of H-pyrrole nitrogens is 1. The van der Waals surface area contributed by atoms with Crippen molar-refractivity contribution in [1.82, 2.24) is 10.2 Å². The molecule has 2 unspecified atom stereocenters. The Kier molecular flexibility index (Phi) is 2.67. The summed E-state index contributed by atoms with van der Waals surface area (Å²) in [5.74, 6) is -1.09. The maximum Gasteiger partial charge on any atom is 0.313 e. The van der Waals surface area contributed by atoms with Crippen molar-refractivity contribution in [2.75, 3.05) is 0 Å². The quantitative estimate of drug-likeness (QED) is 0.864. The van der Waals surface area contributed by atoms with E-state index >= 15 is 0 Å². The number of hydrogen-bond acceptors (Lipinski definition) is 3. The SMILES string of the molecule is CC1=Nc2[nH]ncc2C(c2ccccc2)C1C(=O)O. The molecule has 2 aromatic rings. The van der Waals surface area contributed by atoms with E-state index in [1.54, 1.807) is 13.1 Å². The molecule has 0 fully saturated rings. The molecule has 5 nitrogen and oxygen atoms in total. The minimum Gasteiger partial charge on any atom is -0.481 e. The Morgan fingerprint density at radius 2 is 2.05 bits per heavy atom. The third-order valence-electron chi connectivity index (χ3n) is 3.48. The van der Waals surface area contributed by atoms with Gasteiger partial charge in [0.05, 0.1) is 6.20 Å². The molecule has 0 bridgehead atoms. The van der Waals surface area contributed by atoms with Gasteiger partial charge in [-0.05, 0) is 12.5 Å². The van der Waals surface area contributed by atoms with Crippen molar-refractivity contribution in [2.24, 2.45) is 10.9 Å². The van der Waals surface area contributed by atoms with Crippen LogP contribution in [0.25, 0.3) is 0 Å². The predicted molar refractivity (Wildman–Crippen MR) is 70.8 cm³/mol. The Labute approximate surface area is 110 Å². The lowest BCUT2D eigenvalue weighted by Gasteiger charge is -2.27. The topological polar surface area (TPSA) is 78.3 Å². The Morgan fingerprint density at radius 1 is 1.32 bits per heavy atom. The lowest BCUT2D eigenvalue weighted by atomic mass is 9.77. The van der Waals surface area contributed by atoms with Crippen LogP contribution in [0, 0.1) is 5.92 Å². The lowest BCUT2D eigenvalue weighted by molar-refractivity contribution is -0.139. The predicted octanol–water partition coefficient (Wildman–Crippen LogP) is 2.35. The second-order valence-corrected chi connectivity index (χ2v) is 4.63. The molecule has 5 heteroatoms. The largest absolute Gasteiger partial charge is 0.481 e. The highest BCUT2D eigenvalue weighted by atomic mass is 16.4. The van der Waals surface area contributed by atoms with E-state index in [-0.39, 0.29) is 5.92 Å². The van der Waals surface area contributed by atoms with Crippen molar-refractivity contribution in [2.45, 2.75) is 12.8 Å². The lowest BCUT2D eigenvalue weighted by Crippen LogP contribution is -2.31. The van der Waals surface area contributed by atoms with Gasteiger partial charge in [-0.25, -0.2) is 4.99 Å². The number of aliphatic imine (C=N–C) groups is 1. The van der Waals surface area contributed by atoms with Crippen LogP contribution in [0.4, 0.5) is 5.82 Å². The van der Waals surface area contributed by atoms with E-state index in [1.165, 1.54) is 0 Å². The molecule has 0 saturated carbocycles. The smallest absolute Gasteiger partial charge is 0.313 e. The number of rotatable bonds is 2. The van der Waals surface area contributed by atoms with Gasteiger partial charge in [0.25, 0.3) is 0 Å². The zero-order valence-electron chi connectivity index (χ0n) is 10.4. The number of aliphatic carboxylic acids is 1. The van der Waals surface area contributed by atoms with E-state index in [1.807, 2.05) is 30.3 Å². The first kappa shape index (κ1) is 11.6. The third kappa shape index (κ3) is 1.83. The first-order valence-corrected chi connectivity index (χ1v) is 6.04. The van der Waals surface area contributed by atoms with E-state index in [2.05, 4.69) is 15.2 Å². The fourth-order valence-electron chi connectivity index (χ4n) is 2.63. The number of carboxylic acid groups (broad SMARTS) is 1. The molecule has 0 aliphatic carbocycles. The van der Waals surface area contributed by atoms with Crippen LogP contribution in [0.1, 0.15) is 24.0 Å². The molecule has 1 aliphatic rings. The molecule has 2 heterocycles. The summed E-state index contributed by atoms with van der Waals surface area (Å²) in [7, 11) is 0. The Balaban J connectivity index is 2.19. The van der Waals surface area contributed by atoms with Gasteiger partial charge in [0.2, 0.25) is 0 Å². The van der Waals surface area contributed by atoms with Crippen LogP contribution in [-0.4, -0.2) is 27.0 Å². The van der Waals surface area contributed by atoms with Gasteiger partial charge < -0.3 is 5.11 Å². The van der Waals surface area contributed by atoms with Crippen molar-refractivity contribution < 1.29 is 9.90 Å². The minimum absolute atomic E-state index is 0.245. The van der Waals surface area contributed by atoms with Crippen molar-refractivity contribution in [3.05, 3.63) is 47.7 Å². The van der Waals surface area contributed by atoms with Crippen LogP contribution in [-0.2, 0) is 4.79 Å². The highest BCUT2D eigenvalue weighted by Crippen LogP contribution is 2.41. The zero-order valence-corrected chi connectivity index (χ0v) is 10.4. The normalized spacial score (nSPS) is 21.6. The molecular formula is C14H13N3O2. The fourth-order valence-corrected chi connectivity index (χ4v) is 2.63. The van der Waals surface area contributed by atoms with Crippen LogP contribution in [0.2, 0.25) is 0 Å². The monoisotopic (exact) mass is 255 g/mol. The number of carbonyl (C=O) groups is 1. The number of benzene rings is 1. The van der Waals surface area contributed by atoms with Gasteiger partial charge in [-0.1, -0.05) is 30.3 Å². The summed E-state index contributed by atoms with van der Waals surface area (Å²) in [4.78, 5) is 15.9. The number of hydrogen-bond donors (Lipinski definition) is 2. The van der Waals surface area contributed by atoms with Gasteiger partial charge in [0.1, 0.15) is 5.92 Å². The maximum absolute atomic E-state index is 11.6. The number of fused-ring (bicyclic) bond motifs is 1. The molecule has 1 aromatic heterocycles. The molecule has 96 valence electrons. The van der Waals surface area contributed by atoms with E-state index in [0.29, 0.717) is 11.5 Å². The van der Waals surface area contributed by atoms with Crippen LogP contribution in [0.15, 0.2) is 41.5 Å². The molecule has 19 heavy (non-hydrogen) atoms. The number of aromatic amines is 1. The fraction of sp³-hybridized carbons (Fsp3) is 0.214. The Bertz CT molecular complexity index is 646. The van der Waals surface area contributed by atoms with Gasteiger partial charge in [-0.2, -0.15) is 5.10 Å². The summed E-state index contributed by atoms with van der Waals surface area (Å²) < 4.78 is 0.